The number of hydrogen-bond acceptors (Lipinski definition) is 4. The van der Waals surface area contributed by atoms with E-state index in [1.54, 1.807) is 36.4 Å². The molecule has 0 aliphatic rings. The third kappa shape index (κ3) is 6.27. The Balaban J connectivity index is 2.01. The highest BCUT2D eigenvalue weighted by Crippen LogP contribution is 2.15. The van der Waals surface area contributed by atoms with Crippen LogP contribution in [0.2, 0.25) is 0 Å². The van der Waals surface area contributed by atoms with Crippen molar-refractivity contribution in [2.45, 2.75) is 0 Å². The first-order valence-electron chi connectivity index (χ1n) is 7.51. The summed E-state index contributed by atoms with van der Waals surface area (Å²) in [5.41, 5.74) is 1.76. The molecule has 0 spiro atoms. The number of allylic oxidation sites excluding steroid dienone is 1. The Morgan fingerprint density at radius 1 is 1.12 bits per heavy atom. The zero-order chi connectivity index (χ0) is 18.3. The molecule has 2 aromatic carbocycles. The first kappa shape index (κ1) is 18.5. The van der Waals surface area contributed by atoms with Crippen molar-refractivity contribution in [1.82, 2.24) is 0 Å². The minimum Gasteiger partial charge on any atom is -0.490 e. The summed E-state index contributed by atoms with van der Waals surface area (Å²) in [6.07, 6.45) is 5.92. The van der Waals surface area contributed by atoms with E-state index in [-0.39, 0.29) is 5.78 Å². The third-order valence-electron chi connectivity index (χ3n) is 3.15. The van der Waals surface area contributed by atoms with E-state index < -0.39 is 10.0 Å². The van der Waals surface area contributed by atoms with E-state index in [1.165, 1.54) is 6.08 Å². The van der Waals surface area contributed by atoms with Crippen LogP contribution in [0.15, 0.2) is 67.3 Å². The Morgan fingerprint density at radius 3 is 2.32 bits per heavy atom. The lowest BCUT2D eigenvalue weighted by atomic mass is 10.1. The van der Waals surface area contributed by atoms with Crippen LogP contribution in [0.4, 0.5) is 5.69 Å². The molecular formula is C19H19NO4S. The lowest BCUT2D eigenvalue weighted by Gasteiger charge is -2.04. The highest BCUT2D eigenvalue weighted by molar-refractivity contribution is 7.92. The zero-order valence-corrected chi connectivity index (χ0v) is 14.6. The molecule has 0 saturated carbocycles. The summed E-state index contributed by atoms with van der Waals surface area (Å²) in [4.78, 5) is 12.2. The van der Waals surface area contributed by atoms with Crippen LogP contribution >= 0.6 is 0 Å². The molecule has 0 heterocycles. The first-order valence-corrected chi connectivity index (χ1v) is 9.40. The molecule has 1 N–H and O–H groups in total. The summed E-state index contributed by atoms with van der Waals surface area (Å²) in [6.45, 7) is 4.03. The molecule has 0 aromatic heterocycles. The monoisotopic (exact) mass is 357 g/mol. The Hall–Kier alpha value is -2.86. The smallest absolute Gasteiger partial charge is 0.229 e. The van der Waals surface area contributed by atoms with Gasteiger partial charge in [0.05, 0.1) is 6.26 Å². The van der Waals surface area contributed by atoms with Crippen LogP contribution in [0.1, 0.15) is 15.9 Å². The van der Waals surface area contributed by atoms with Crippen LogP contribution < -0.4 is 9.46 Å². The van der Waals surface area contributed by atoms with Gasteiger partial charge in [0.2, 0.25) is 10.0 Å². The molecule has 130 valence electrons. The summed E-state index contributed by atoms with van der Waals surface area (Å²) in [7, 11) is -3.33. The fourth-order valence-corrected chi connectivity index (χ4v) is 2.58. The maximum Gasteiger partial charge on any atom is 0.229 e. The van der Waals surface area contributed by atoms with Gasteiger partial charge >= 0.3 is 0 Å². The van der Waals surface area contributed by atoms with Crippen LogP contribution in [0, 0.1) is 0 Å². The van der Waals surface area contributed by atoms with Crippen LogP contribution in [0.5, 0.6) is 5.75 Å². The summed E-state index contributed by atoms with van der Waals surface area (Å²) >= 11 is 0. The summed E-state index contributed by atoms with van der Waals surface area (Å²) in [6, 6.07) is 13.6. The average Bonchev–Trinajstić information content (AvgIpc) is 2.58. The molecule has 0 aliphatic carbocycles. The van der Waals surface area contributed by atoms with Gasteiger partial charge in [-0.3, -0.25) is 9.52 Å². The van der Waals surface area contributed by atoms with Gasteiger partial charge in [-0.1, -0.05) is 30.9 Å². The maximum atomic E-state index is 12.2. The lowest BCUT2D eigenvalue weighted by molar-refractivity contribution is 0.104. The van der Waals surface area contributed by atoms with Gasteiger partial charge in [0.15, 0.2) is 5.78 Å². The number of ketones is 1. The highest BCUT2D eigenvalue weighted by Gasteiger charge is 2.04. The van der Waals surface area contributed by atoms with Crippen LogP contribution in [0.3, 0.4) is 0 Å². The van der Waals surface area contributed by atoms with Crippen molar-refractivity contribution < 1.29 is 17.9 Å². The van der Waals surface area contributed by atoms with Gasteiger partial charge in [-0.25, -0.2) is 8.42 Å². The summed E-state index contributed by atoms with van der Waals surface area (Å²) in [5.74, 6) is 0.565. The van der Waals surface area contributed by atoms with E-state index in [0.29, 0.717) is 17.9 Å². The zero-order valence-electron chi connectivity index (χ0n) is 13.8. The number of carbonyl (C=O) groups excluding carboxylic acids is 1. The Labute approximate surface area is 147 Å². The van der Waals surface area contributed by atoms with Gasteiger partial charge in [0.25, 0.3) is 0 Å². The second-order valence-electron chi connectivity index (χ2n) is 5.32. The number of rotatable bonds is 8. The van der Waals surface area contributed by atoms with Crippen molar-refractivity contribution >= 4 is 27.6 Å². The Kier molecular flexibility index (Phi) is 6.14. The summed E-state index contributed by atoms with van der Waals surface area (Å²) < 4.78 is 30.1. The van der Waals surface area contributed by atoms with Crippen molar-refractivity contribution in [2.24, 2.45) is 0 Å². The van der Waals surface area contributed by atoms with Crippen molar-refractivity contribution in [2.75, 3.05) is 17.6 Å². The van der Waals surface area contributed by atoms with E-state index in [2.05, 4.69) is 11.3 Å². The highest BCUT2D eigenvalue weighted by atomic mass is 32.2. The molecule has 0 radical (unpaired) electrons. The maximum absolute atomic E-state index is 12.2. The van der Waals surface area contributed by atoms with Gasteiger partial charge < -0.3 is 4.74 Å². The molecule has 0 fully saturated rings. The molecule has 0 bridgehead atoms. The molecule has 2 aromatic rings. The topological polar surface area (TPSA) is 72.5 Å². The average molecular weight is 357 g/mol. The van der Waals surface area contributed by atoms with E-state index in [1.807, 2.05) is 24.3 Å². The number of sulfonamides is 1. The Morgan fingerprint density at radius 2 is 1.76 bits per heavy atom. The van der Waals surface area contributed by atoms with E-state index in [0.717, 1.165) is 17.6 Å². The number of anilines is 1. The second kappa shape index (κ2) is 8.30. The third-order valence-corrected chi connectivity index (χ3v) is 3.75. The molecule has 0 amide bonds. The van der Waals surface area contributed by atoms with Gasteiger partial charge in [-0.15, -0.1) is 0 Å². The lowest BCUT2D eigenvalue weighted by Crippen LogP contribution is -2.09. The van der Waals surface area contributed by atoms with Gasteiger partial charge in [0, 0.05) is 11.3 Å². The van der Waals surface area contributed by atoms with Crippen LogP contribution in [-0.2, 0) is 10.0 Å². The van der Waals surface area contributed by atoms with Crippen LogP contribution in [-0.4, -0.2) is 27.1 Å². The molecule has 25 heavy (non-hydrogen) atoms. The number of hydrogen-bond donors (Lipinski definition) is 1. The molecule has 2 rings (SSSR count). The number of ether oxygens (including phenoxy) is 1. The second-order valence-corrected chi connectivity index (χ2v) is 7.07. The number of benzene rings is 2. The predicted octanol–water partition coefficient (Wildman–Crippen LogP) is 3.52. The van der Waals surface area contributed by atoms with Crippen LogP contribution in [0.25, 0.3) is 6.08 Å². The van der Waals surface area contributed by atoms with Gasteiger partial charge in [-0.05, 0) is 48.0 Å². The molecular weight excluding hydrogens is 338 g/mol. The standard InChI is InChI=1S/C19H19NO4S/c1-3-14-24-18-11-4-15(5-12-18)6-13-19(21)16-7-9-17(10-8-16)20-25(2,22)23/h3-13,20H,1,14H2,2H3/b13-6+. The quantitative estimate of drug-likeness (QED) is 0.446. The van der Waals surface area contributed by atoms with E-state index >= 15 is 0 Å². The minimum absolute atomic E-state index is 0.169. The number of nitrogens with one attached hydrogen (secondary N) is 1. The summed E-state index contributed by atoms with van der Waals surface area (Å²) in [5, 5.41) is 0. The number of carbonyl (C=O) groups is 1. The van der Waals surface area contributed by atoms with Crippen molar-refractivity contribution in [3.63, 3.8) is 0 Å². The van der Waals surface area contributed by atoms with Crippen molar-refractivity contribution in [1.29, 1.82) is 0 Å². The Bertz CT molecular complexity index is 867. The molecule has 0 atom stereocenters. The molecule has 0 aliphatic heterocycles. The first-order chi connectivity index (χ1) is 11.9. The van der Waals surface area contributed by atoms with Gasteiger partial charge in [0.1, 0.15) is 12.4 Å². The molecule has 0 unspecified atom stereocenters. The molecule has 5 nitrogen and oxygen atoms in total. The van der Waals surface area contributed by atoms with Crippen molar-refractivity contribution in [3.8, 4) is 5.75 Å². The van der Waals surface area contributed by atoms with Crippen molar-refractivity contribution in [3.05, 3.63) is 78.4 Å². The minimum atomic E-state index is -3.33. The van der Waals surface area contributed by atoms with Gasteiger partial charge in [-0.2, -0.15) is 0 Å². The molecule has 0 saturated heterocycles. The molecule has 6 heteroatoms. The predicted molar refractivity (Wildman–Crippen MR) is 100 cm³/mol. The van der Waals surface area contributed by atoms with E-state index in [9.17, 15) is 13.2 Å². The normalized spacial score (nSPS) is 11.2. The van der Waals surface area contributed by atoms with E-state index in [4.69, 9.17) is 4.74 Å². The largest absolute Gasteiger partial charge is 0.490 e. The fraction of sp³-hybridized carbons (Fsp3) is 0.105. The SMILES string of the molecule is C=CCOc1ccc(/C=C/C(=O)c2ccc(NS(C)(=O)=O)cc2)cc1. The fourth-order valence-electron chi connectivity index (χ4n) is 2.02.